The van der Waals surface area contributed by atoms with Gasteiger partial charge in [0.15, 0.2) is 5.82 Å². The normalized spacial score (nSPS) is 13.6. The highest BCUT2D eigenvalue weighted by molar-refractivity contribution is 8.00. The molecule has 2 heterocycles. The van der Waals surface area contributed by atoms with Crippen LogP contribution in [0.3, 0.4) is 0 Å². The van der Waals surface area contributed by atoms with E-state index < -0.39 is 0 Å². The molecule has 178 valence electrons. The molecule has 0 bridgehead atoms. The second-order valence-electron chi connectivity index (χ2n) is 8.44. The molecule has 0 aliphatic carbocycles. The number of anilines is 3. The summed E-state index contributed by atoms with van der Waals surface area (Å²) in [6, 6.07) is 12.3. The van der Waals surface area contributed by atoms with Crippen molar-refractivity contribution < 1.29 is 9.53 Å². The summed E-state index contributed by atoms with van der Waals surface area (Å²) in [6.45, 7) is 9.45. The van der Waals surface area contributed by atoms with Gasteiger partial charge in [0.1, 0.15) is 10.8 Å². The van der Waals surface area contributed by atoms with Gasteiger partial charge in [-0.1, -0.05) is 41.6 Å². The minimum absolute atomic E-state index is 0.0438. The zero-order valence-electron chi connectivity index (χ0n) is 20.2. The standard InChI is InChI=1S/C26H31N5O2S/c1-18-15-19(2)24(20(3)16-18)29-23(32)17-34-26-25(27-9-10-28-26)31-13-11-30(12-14-31)21-7-5-6-8-22(21)33-4/h5-10,15-16H,11-14,17H2,1-4H3,(H,29,32). The lowest BCUT2D eigenvalue weighted by molar-refractivity contribution is -0.113. The number of amides is 1. The van der Waals surface area contributed by atoms with Crippen LogP contribution in [0.4, 0.5) is 17.2 Å². The number of para-hydroxylation sites is 2. The maximum Gasteiger partial charge on any atom is 0.234 e. The average molecular weight is 478 g/mol. The fourth-order valence-corrected chi connectivity index (χ4v) is 5.16. The molecule has 2 aromatic carbocycles. The Balaban J connectivity index is 1.39. The van der Waals surface area contributed by atoms with E-state index >= 15 is 0 Å². The molecule has 0 radical (unpaired) electrons. The molecule has 1 aromatic heterocycles. The number of piperazine rings is 1. The molecule has 1 N–H and O–H groups in total. The summed E-state index contributed by atoms with van der Waals surface area (Å²) in [4.78, 5) is 26.4. The van der Waals surface area contributed by atoms with Crippen LogP contribution in [0.25, 0.3) is 0 Å². The number of aromatic nitrogens is 2. The number of methoxy groups -OCH3 is 1. The number of ether oxygens (including phenoxy) is 1. The second kappa shape index (κ2) is 10.8. The van der Waals surface area contributed by atoms with Crippen molar-refractivity contribution in [2.24, 2.45) is 0 Å². The molecule has 1 aliphatic heterocycles. The number of rotatable bonds is 7. The molecule has 34 heavy (non-hydrogen) atoms. The lowest BCUT2D eigenvalue weighted by Crippen LogP contribution is -2.47. The van der Waals surface area contributed by atoms with E-state index in [1.807, 2.05) is 32.0 Å². The molecule has 0 unspecified atom stereocenters. The molecule has 0 atom stereocenters. The molecule has 0 saturated carbocycles. The van der Waals surface area contributed by atoms with Gasteiger partial charge in [-0.15, -0.1) is 0 Å². The first-order valence-electron chi connectivity index (χ1n) is 11.4. The van der Waals surface area contributed by atoms with Crippen LogP contribution >= 0.6 is 11.8 Å². The molecule has 1 fully saturated rings. The van der Waals surface area contributed by atoms with E-state index in [4.69, 9.17) is 4.74 Å². The highest BCUT2D eigenvalue weighted by Crippen LogP contribution is 2.31. The Hall–Kier alpha value is -3.26. The molecule has 7 nitrogen and oxygen atoms in total. The lowest BCUT2D eigenvalue weighted by Gasteiger charge is -2.37. The van der Waals surface area contributed by atoms with Crippen molar-refractivity contribution in [1.29, 1.82) is 0 Å². The summed E-state index contributed by atoms with van der Waals surface area (Å²) in [5.74, 6) is 1.96. The van der Waals surface area contributed by atoms with Gasteiger partial charge in [-0.2, -0.15) is 0 Å². The highest BCUT2D eigenvalue weighted by Gasteiger charge is 2.23. The van der Waals surface area contributed by atoms with Crippen LogP contribution in [0.1, 0.15) is 16.7 Å². The van der Waals surface area contributed by atoms with E-state index in [-0.39, 0.29) is 11.7 Å². The van der Waals surface area contributed by atoms with E-state index in [1.165, 1.54) is 17.3 Å². The summed E-state index contributed by atoms with van der Waals surface area (Å²) in [6.07, 6.45) is 3.40. The van der Waals surface area contributed by atoms with Crippen LogP contribution in [0, 0.1) is 20.8 Å². The average Bonchev–Trinajstić information content (AvgIpc) is 2.85. The SMILES string of the molecule is COc1ccccc1N1CCN(c2nccnc2SCC(=O)Nc2c(C)cc(C)cc2C)CC1. The third-order valence-corrected chi connectivity index (χ3v) is 6.90. The van der Waals surface area contributed by atoms with Gasteiger partial charge in [-0.3, -0.25) is 4.79 Å². The van der Waals surface area contributed by atoms with Crippen LogP contribution in [-0.4, -0.2) is 54.9 Å². The van der Waals surface area contributed by atoms with Crippen LogP contribution in [0.15, 0.2) is 53.8 Å². The molecule has 1 aliphatic rings. The molecule has 4 rings (SSSR count). The number of carbonyl (C=O) groups excluding carboxylic acids is 1. The topological polar surface area (TPSA) is 70.6 Å². The minimum Gasteiger partial charge on any atom is -0.495 e. The number of nitrogens with one attached hydrogen (secondary N) is 1. The Morgan fingerprint density at radius 2 is 1.65 bits per heavy atom. The Labute approximate surface area is 205 Å². The van der Waals surface area contributed by atoms with E-state index in [0.29, 0.717) is 0 Å². The molecule has 8 heteroatoms. The van der Waals surface area contributed by atoms with Crippen molar-refractivity contribution in [2.75, 3.05) is 54.2 Å². The number of hydrogen-bond donors (Lipinski definition) is 1. The molecular weight excluding hydrogens is 446 g/mol. The molecular formula is C26H31N5O2S. The maximum atomic E-state index is 12.7. The Bertz CT molecular complexity index is 1140. The first-order chi connectivity index (χ1) is 16.5. The van der Waals surface area contributed by atoms with Crippen LogP contribution < -0.4 is 19.9 Å². The zero-order chi connectivity index (χ0) is 24.1. The fourth-order valence-electron chi connectivity index (χ4n) is 4.37. The molecule has 0 spiro atoms. The third-order valence-electron chi connectivity index (χ3n) is 5.93. The maximum absolute atomic E-state index is 12.7. The van der Waals surface area contributed by atoms with Crippen molar-refractivity contribution in [1.82, 2.24) is 9.97 Å². The predicted molar refractivity (Wildman–Crippen MR) is 139 cm³/mol. The van der Waals surface area contributed by atoms with Gasteiger partial charge < -0.3 is 19.9 Å². The summed E-state index contributed by atoms with van der Waals surface area (Å²) in [7, 11) is 1.70. The lowest BCUT2D eigenvalue weighted by atomic mass is 10.1. The second-order valence-corrected chi connectivity index (χ2v) is 9.41. The van der Waals surface area contributed by atoms with Gasteiger partial charge in [-0.25, -0.2) is 9.97 Å². The van der Waals surface area contributed by atoms with Crippen molar-refractivity contribution in [3.05, 3.63) is 65.5 Å². The first kappa shape index (κ1) is 23.9. The largest absolute Gasteiger partial charge is 0.495 e. The summed E-state index contributed by atoms with van der Waals surface area (Å²) >= 11 is 1.43. The number of hydrogen-bond acceptors (Lipinski definition) is 7. The van der Waals surface area contributed by atoms with E-state index in [9.17, 15) is 4.79 Å². The van der Waals surface area contributed by atoms with Gasteiger partial charge in [0.05, 0.1) is 18.6 Å². The van der Waals surface area contributed by atoms with Crippen molar-refractivity contribution >= 4 is 34.9 Å². The Morgan fingerprint density at radius 1 is 1.00 bits per heavy atom. The molecule has 3 aromatic rings. The smallest absolute Gasteiger partial charge is 0.234 e. The number of nitrogens with zero attached hydrogens (tertiary/aromatic N) is 4. The van der Waals surface area contributed by atoms with Crippen LogP contribution in [0.2, 0.25) is 0 Å². The van der Waals surface area contributed by atoms with Crippen LogP contribution in [0.5, 0.6) is 5.75 Å². The monoisotopic (exact) mass is 477 g/mol. The quantitative estimate of drug-likeness (QED) is 0.504. The zero-order valence-corrected chi connectivity index (χ0v) is 21.0. The van der Waals surface area contributed by atoms with E-state index in [1.54, 1.807) is 19.5 Å². The number of benzene rings is 2. The van der Waals surface area contributed by atoms with Crippen molar-refractivity contribution in [2.45, 2.75) is 25.8 Å². The third kappa shape index (κ3) is 5.44. The number of aryl methyl sites for hydroxylation is 3. The van der Waals surface area contributed by atoms with Crippen LogP contribution in [-0.2, 0) is 4.79 Å². The molecule has 1 saturated heterocycles. The van der Waals surface area contributed by atoms with Crippen molar-refractivity contribution in [3.63, 3.8) is 0 Å². The van der Waals surface area contributed by atoms with E-state index in [0.717, 1.165) is 65.3 Å². The van der Waals surface area contributed by atoms with Crippen molar-refractivity contribution in [3.8, 4) is 5.75 Å². The number of carbonyl (C=O) groups is 1. The Kier molecular flexibility index (Phi) is 7.57. The minimum atomic E-state index is -0.0438. The molecule has 1 amide bonds. The predicted octanol–water partition coefficient (Wildman–Crippen LogP) is 4.47. The Morgan fingerprint density at radius 3 is 2.35 bits per heavy atom. The van der Waals surface area contributed by atoms with Gasteiger partial charge in [0, 0.05) is 44.3 Å². The fraction of sp³-hybridized carbons (Fsp3) is 0.346. The van der Waals surface area contributed by atoms with Gasteiger partial charge in [0.2, 0.25) is 5.91 Å². The number of thioether (sulfide) groups is 1. The summed E-state index contributed by atoms with van der Waals surface area (Å²) in [5.41, 5.74) is 5.34. The first-order valence-corrected chi connectivity index (χ1v) is 12.4. The van der Waals surface area contributed by atoms with Gasteiger partial charge >= 0.3 is 0 Å². The van der Waals surface area contributed by atoms with E-state index in [2.05, 4.69) is 50.2 Å². The summed E-state index contributed by atoms with van der Waals surface area (Å²) in [5, 5.41) is 3.85. The van der Waals surface area contributed by atoms with Gasteiger partial charge in [0.25, 0.3) is 0 Å². The summed E-state index contributed by atoms with van der Waals surface area (Å²) < 4.78 is 5.53. The van der Waals surface area contributed by atoms with Gasteiger partial charge in [-0.05, 0) is 44.0 Å². The highest BCUT2D eigenvalue weighted by atomic mass is 32.2.